The van der Waals surface area contributed by atoms with Gasteiger partial charge in [-0.15, -0.1) is 0 Å². The van der Waals surface area contributed by atoms with Crippen molar-refractivity contribution in [1.29, 1.82) is 0 Å². The van der Waals surface area contributed by atoms with Gasteiger partial charge in [0.1, 0.15) is 0 Å². The smallest absolute Gasteiger partial charge is 0.300 e. The number of aliphatic hydroxyl groups is 1. The molecule has 1 aromatic carbocycles. The summed E-state index contributed by atoms with van der Waals surface area (Å²) in [5, 5.41) is 30.3. The van der Waals surface area contributed by atoms with Crippen LogP contribution >= 0.6 is 0 Å². The predicted molar refractivity (Wildman–Crippen MR) is 67.9 cm³/mol. The number of hydrogen-bond donors (Lipinski definition) is 2. The van der Waals surface area contributed by atoms with Crippen molar-refractivity contribution in [3.05, 3.63) is 22.2 Å². The number of nitro benzene ring substituents is 1. The van der Waals surface area contributed by atoms with E-state index in [1.165, 1.54) is 6.07 Å². The van der Waals surface area contributed by atoms with Crippen LogP contribution in [0, 0.1) is 10.1 Å². The van der Waals surface area contributed by atoms with Crippen molar-refractivity contribution in [3.8, 4) is 0 Å². The molecular formula is C11H14N4O4. The Hall–Kier alpha value is -2.22. The first-order chi connectivity index (χ1) is 8.94. The Labute approximate surface area is 108 Å². The average molecular weight is 266 g/mol. The van der Waals surface area contributed by atoms with Crippen molar-refractivity contribution >= 4 is 22.4 Å². The second-order valence-electron chi connectivity index (χ2n) is 4.83. The third kappa shape index (κ3) is 2.63. The van der Waals surface area contributed by atoms with Gasteiger partial charge in [-0.2, -0.15) is 0 Å². The van der Waals surface area contributed by atoms with Gasteiger partial charge in [0.25, 0.3) is 0 Å². The van der Waals surface area contributed by atoms with Gasteiger partial charge < -0.3 is 10.4 Å². The highest BCUT2D eigenvalue weighted by Crippen LogP contribution is 2.30. The number of hydrogen-bond acceptors (Lipinski definition) is 7. The van der Waals surface area contributed by atoms with Crippen LogP contribution < -0.4 is 5.32 Å². The number of benzene rings is 1. The van der Waals surface area contributed by atoms with Crippen LogP contribution in [0.2, 0.25) is 0 Å². The maximum Gasteiger partial charge on any atom is 0.300 e. The van der Waals surface area contributed by atoms with Crippen molar-refractivity contribution in [1.82, 2.24) is 10.3 Å². The lowest BCUT2D eigenvalue weighted by Crippen LogP contribution is -2.32. The van der Waals surface area contributed by atoms with Crippen LogP contribution in [0.4, 0.5) is 11.4 Å². The van der Waals surface area contributed by atoms with Crippen LogP contribution in [-0.4, -0.2) is 32.5 Å². The fourth-order valence-corrected chi connectivity index (χ4v) is 1.81. The maximum atomic E-state index is 10.9. The SMILES string of the molecule is CC(C)(CCO)Nc1ccc([N+](=O)[O-])c2nonc12. The first kappa shape index (κ1) is 13.2. The minimum Gasteiger partial charge on any atom is -0.396 e. The summed E-state index contributed by atoms with van der Waals surface area (Å²) in [7, 11) is 0. The van der Waals surface area contributed by atoms with E-state index in [9.17, 15) is 10.1 Å². The molecule has 2 N–H and O–H groups in total. The van der Waals surface area contributed by atoms with E-state index in [-0.39, 0.29) is 23.3 Å². The maximum absolute atomic E-state index is 10.9. The molecule has 0 amide bonds. The van der Waals surface area contributed by atoms with E-state index in [0.717, 1.165) is 0 Å². The standard InChI is InChI=1S/C11H14N4O4/c1-11(2,5-6-16)12-7-3-4-8(15(17)18)10-9(7)13-19-14-10/h3-4,12,16H,5-6H2,1-2H3. The van der Waals surface area contributed by atoms with E-state index >= 15 is 0 Å². The van der Waals surface area contributed by atoms with E-state index in [2.05, 4.69) is 20.3 Å². The Balaban J connectivity index is 2.43. The van der Waals surface area contributed by atoms with E-state index in [1.54, 1.807) is 6.07 Å². The fourth-order valence-electron chi connectivity index (χ4n) is 1.81. The monoisotopic (exact) mass is 266 g/mol. The number of aliphatic hydroxyl groups excluding tert-OH is 1. The molecule has 0 aliphatic heterocycles. The van der Waals surface area contributed by atoms with Crippen LogP contribution in [0.25, 0.3) is 11.0 Å². The molecule has 8 heteroatoms. The molecule has 1 heterocycles. The van der Waals surface area contributed by atoms with Crippen molar-refractivity contribution < 1.29 is 14.7 Å². The van der Waals surface area contributed by atoms with Gasteiger partial charge in [0.15, 0.2) is 5.52 Å². The molecule has 102 valence electrons. The molecule has 19 heavy (non-hydrogen) atoms. The lowest BCUT2D eigenvalue weighted by molar-refractivity contribution is -0.383. The van der Waals surface area contributed by atoms with E-state index in [0.29, 0.717) is 17.6 Å². The van der Waals surface area contributed by atoms with Crippen LogP contribution in [0.15, 0.2) is 16.8 Å². The first-order valence-corrected chi connectivity index (χ1v) is 5.73. The van der Waals surface area contributed by atoms with Crippen LogP contribution in [0.1, 0.15) is 20.3 Å². The average Bonchev–Trinajstić information content (AvgIpc) is 2.77. The molecule has 2 aromatic rings. The molecule has 0 atom stereocenters. The summed E-state index contributed by atoms with van der Waals surface area (Å²) in [6.45, 7) is 3.85. The zero-order chi connectivity index (χ0) is 14.0. The molecule has 0 spiro atoms. The van der Waals surface area contributed by atoms with E-state index < -0.39 is 4.92 Å². The Morgan fingerprint density at radius 1 is 1.42 bits per heavy atom. The minimum atomic E-state index is -0.533. The Morgan fingerprint density at radius 3 is 2.74 bits per heavy atom. The number of nitrogens with one attached hydrogen (secondary N) is 1. The van der Waals surface area contributed by atoms with Gasteiger partial charge >= 0.3 is 5.69 Å². The van der Waals surface area contributed by atoms with Gasteiger partial charge in [0.2, 0.25) is 5.52 Å². The summed E-state index contributed by atoms with van der Waals surface area (Å²) in [6, 6.07) is 2.91. The highest BCUT2D eigenvalue weighted by atomic mass is 16.6. The molecule has 0 saturated carbocycles. The predicted octanol–water partition coefficient (Wildman–Crippen LogP) is 1.70. The number of anilines is 1. The summed E-state index contributed by atoms with van der Waals surface area (Å²) in [4.78, 5) is 10.3. The lowest BCUT2D eigenvalue weighted by atomic mass is 10.0. The number of rotatable bonds is 5. The van der Waals surface area contributed by atoms with Crippen molar-refractivity contribution in [2.24, 2.45) is 0 Å². The van der Waals surface area contributed by atoms with Crippen molar-refractivity contribution in [3.63, 3.8) is 0 Å². The number of non-ortho nitro benzene ring substituents is 1. The highest BCUT2D eigenvalue weighted by molar-refractivity contribution is 5.93. The zero-order valence-corrected chi connectivity index (χ0v) is 10.6. The molecule has 2 rings (SSSR count). The number of nitrogens with zero attached hydrogens (tertiary/aromatic N) is 3. The normalized spacial score (nSPS) is 11.7. The number of aromatic nitrogens is 2. The summed E-state index contributed by atoms with van der Waals surface area (Å²) in [5.74, 6) is 0. The minimum absolute atomic E-state index is 0.0349. The lowest BCUT2D eigenvalue weighted by Gasteiger charge is -2.26. The first-order valence-electron chi connectivity index (χ1n) is 5.73. The molecule has 0 bridgehead atoms. The quantitative estimate of drug-likeness (QED) is 0.625. The van der Waals surface area contributed by atoms with Gasteiger partial charge in [-0.1, -0.05) is 0 Å². The number of nitro groups is 1. The molecule has 8 nitrogen and oxygen atoms in total. The largest absolute Gasteiger partial charge is 0.396 e. The molecule has 0 aliphatic rings. The molecule has 0 unspecified atom stereocenters. The molecule has 1 aromatic heterocycles. The summed E-state index contributed by atoms with van der Waals surface area (Å²) >= 11 is 0. The summed E-state index contributed by atoms with van der Waals surface area (Å²) in [5.41, 5.74) is 0.466. The Kier molecular flexibility index (Phi) is 3.34. The molecule has 0 radical (unpaired) electrons. The van der Waals surface area contributed by atoms with Gasteiger partial charge in [0.05, 0.1) is 10.6 Å². The van der Waals surface area contributed by atoms with Gasteiger partial charge in [0, 0.05) is 18.2 Å². The zero-order valence-electron chi connectivity index (χ0n) is 10.6. The van der Waals surface area contributed by atoms with Crippen molar-refractivity contribution in [2.75, 3.05) is 11.9 Å². The van der Waals surface area contributed by atoms with Gasteiger partial charge in [-0.05, 0) is 36.6 Å². The summed E-state index contributed by atoms with van der Waals surface area (Å²) < 4.78 is 4.58. The highest BCUT2D eigenvalue weighted by Gasteiger charge is 2.23. The Bertz CT molecular complexity index is 608. The summed E-state index contributed by atoms with van der Waals surface area (Å²) in [6.07, 6.45) is 0.525. The molecule has 0 fully saturated rings. The number of fused-ring (bicyclic) bond motifs is 1. The second-order valence-corrected chi connectivity index (χ2v) is 4.83. The molecular weight excluding hydrogens is 252 g/mol. The fraction of sp³-hybridized carbons (Fsp3) is 0.455. The van der Waals surface area contributed by atoms with Gasteiger partial charge in [-0.3, -0.25) is 10.1 Å². The second kappa shape index (κ2) is 4.81. The van der Waals surface area contributed by atoms with Crippen LogP contribution in [0.5, 0.6) is 0 Å². The van der Waals surface area contributed by atoms with Crippen molar-refractivity contribution in [2.45, 2.75) is 25.8 Å². The third-order valence-electron chi connectivity index (χ3n) is 2.80. The molecule has 0 saturated heterocycles. The van der Waals surface area contributed by atoms with Gasteiger partial charge in [-0.25, -0.2) is 4.63 Å². The molecule has 0 aliphatic carbocycles. The van der Waals surface area contributed by atoms with E-state index in [4.69, 9.17) is 5.11 Å². The van der Waals surface area contributed by atoms with E-state index in [1.807, 2.05) is 13.8 Å². The third-order valence-corrected chi connectivity index (χ3v) is 2.80. The van der Waals surface area contributed by atoms with Crippen LogP contribution in [0.3, 0.4) is 0 Å². The van der Waals surface area contributed by atoms with Crippen LogP contribution in [-0.2, 0) is 0 Å². The Morgan fingerprint density at radius 2 is 2.11 bits per heavy atom. The topological polar surface area (TPSA) is 114 Å².